The van der Waals surface area contributed by atoms with Gasteiger partial charge in [-0.05, 0) is 0 Å². The number of aromatic nitrogens is 2. The molecule has 1 aliphatic heterocycles. The molecule has 0 aromatic carbocycles. The van der Waals surface area contributed by atoms with Crippen LogP contribution in [0.25, 0.3) is 0 Å². The number of nitrogens with two attached hydrogens (primary N) is 2. The van der Waals surface area contributed by atoms with Gasteiger partial charge in [-0.15, -0.1) is 0 Å². The van der Waals surface area contributed by atoms with Crippen molar-refractivity contribution in [1.29, 1.82) is 0 Å². The highest BCUT2D eigenvalue weighted by atomic mass is 35.5. The minimum atomic E-state index is -0.762. The van der Waals surface area contributed by atoms with E-state index in [1.54, 1.807) is 0 Å². The summed E-state index contributed by atoms with van der Waals surface area (Å²) in [4.78, 5) is 7.82. The summed E-state index contributed by atoms with van der Waals surface area (Å²) < 4.78 is 5.40. The molecule has 2 rings (SSSR count). The Balaban J connectivity index is 2.27. The fourth-order valence-electron chi connectivity index (χ4n) is 1.76. The smallest absolute Gasteiger partial charge is 0.171 e. The normalized spacial score (nSPS) is 28.5. The van der Waals surface area contributed by atoms with E-state index in [9.17, 15) is 5.11 Å². The molecule has 1 aromatic heterocycles. The summed E-state index contributed by atoms with van der Waals surface area (Å²) in [6.45, 7) is -0.270. The first-order valence-electron chi connectivity index (χ1n) is 5.05. The lowest BCUT2D eigenvalue weighted by atomic mass is 10.1. The van der Waals surface area contributed by atoms with Crippen molar-refractivity contribution < 1.29 is 14.9 Å². The van der Waals surface area contributed by atoms with Crippen LogP contribution in [0.15, 0.2) is 0 Å². The molecule has 7 nitrogen and oxygen atoms in total. The Labute approximate surface area is 102 Å². The van der Waals surface area contributed by atoms with Gasteiger partial charge in [0.15, 0.2) is 11.0 Å². The fourth-order valence-corrected chi connectivity index (χ4v) is 1.89. The van der Waals surface area contributed by atoms with E-state index in [0.717, 1.165) is 0 Å². The third kappa shape index (κ3) is 2.27. The number of aliphatic hydroxyl groups is 2. The van der Waals surface area contributed by atoms with Crippen molar-refractivity contribution in [2.45, 2.75) is 24.7 Å². The third-order valence-corrected chi connectivity index (χ3v) is 2.92. The predicted octanol–water partition coefficient (Wildman–Crippen LogP) is -0.522. The summed E-state index contributed by atoms with van der Waals surface area (Å²) in [7, 11) is 0. The summed E-state index contributed by atoms with van der Waals surface area (Å²) in [5.41, 5.74) is 11.5. The molecule has 0 unspecified atom stereocenters. The summed E-state index contributed by atoms with van der Waals surface area (Å²) >= 11 is 5.75. The van der Waals surface area contributed by atoms with Crippen molar-refractivity contribution in [3.63, 3.8) is 0 Å². The Hall–Kier alpha value is -1.15. The van der Waals surface area contributed by atoms with Gasteiger partial charge < -0.3 is 26.4 Å². The van der Waals surface area contributed by atoms with Gasteiger partial charge in [0.25, 0.3) is 0 Å². The summed E-state index contributed by atoms with van der Waals surface area (Å²) in [5.74, 6) is 0.160. The molecule has 1 aromatic rings. The summed E-state index contributed by atoms with van der Waals surface area (Å²) in [6.07, 6.45) is -1.66. The molecule has 2 heterocycles. The lowest BCUT2D eigenvalue weighted by Crippen LogP contribution is -2.24. The quantitative estimate of drug-likeness (QED) is 0.563. The van der Waals surface area contributed by atoms with Crippen molar-refractivity contribution in [1.82, 2.24) is 9.97 Å². The molecule has 3 atom stereocenters. The van der Waals surface area contributed by atoms with Crippen LogP contribution in [0.5, 0.6) is 0 Å². The minimum absolute atomic E-state index is 0.0414. The monoisotopic (exact) mass is 260 g/mol. The highest BCUT2D eigenvalue weighted by Gasteiger charge is 2.36. The molecular weight excluding hydrogens is 248 g/mol. The highest BCUT2D eigenvalue weighted by molar-refractivity contribution is 6.31. The van der Waals surface area contributed by atoms with Crippen LogP contribution < -0.4 is 11.5 Å². The third-order valence-electron chi connectivity index (χ3n) is 2.64. The van der Waals surface area contributed by atoms with E-state index in [1.807, 2.05) is 0 Å². The predicted molar refractivity (Wildman–Crippen MR) is 61.2 cm³/mol. The number of rotatable bonds is 2. The maximum atomic E-state index is 9.60. The van der Waals surface area contributed by atoms with E-state index in [0.29, 0.717) is 5.69 Å². The molecular formula is C9H13ClN4O3. The molecule has 8 heteroatoms. The van der Waals surface area contributed by atoms with Gasteiger partial charge in [-0.2, -0.15) is 0 Å². The van der Waals surface area contributed by atoms with Crippen LogP contribution in [0.2, 0.25) is 5.15 Å². The number of hydrogen-bond acceptors (Lipinski definition) is 7. The van der Waals surface area contributed by atoms with Crippen LogP contribution in [0, 0.1) is 0 Å². The number of nitrogens with zero attached hydrogens (tertiary/aromatic N) is 2. The average Bonchev–Trinajstić information content (AvgIpc) is 2.65. The Kier molecular flexibility index (Phi) is 3.34. The average molecular weight is 261 g/mol. The molecule has 0 aliphatic carbocycles. The Morgan fingerprint density at radius 1 is 1.35 bits per heavy atom. The summed E-state index contributed by atoms with van der Waals surface area (Å²) in [5, 5.41) is 18.6. The molecule has 94 valence electrons. The van der Waals surface area contributed by atoms with Crippen LogP contribution in [-0.2, 0) is 4.74 Å². The summed E-state index contributed by atoms with van der Waals surface area (Å²) in [6, 6.07) is 0. The van der Waals surface area contributed by atoms with E-state index in [1.165, 1.54) is 0 Å². The first kappa shape index (κ1) is 12.3. The van der Waals surface area contributed by atoms with E-state index in [-0.39, 0.29) is 29.8 Å². The van der Waals surface area contributed by atoms with Gasteiger partial charge >= 0.3 is 0 Å². The second kappa shape index (κ2) is 4.61. The molecule has 1 aliphatic rings. The van der Waals surface area contributed by atoms with Gasteiger partial charge in [-0.3, -0.25) is 0 Å². The Morgan fingerprint density at radius 3 is 2.65 bits per heavy atom. The topological polar surface area (TPSA) is 128 Å². The second-order valence-corrected chi connectivity index (χ2v) is 4.18. The van der Waals surface area contributed by atoms with Gasteiger partial charge in [0.2, 0.25) is 0 Å². The zero-order valence-electron chi connectivity index (χ0n) is 8.88. The van der Waals surface area contributed by atoms with Gasteiger partial charge in [-0.1, -0.05) is 11.6 Å². The number of hydrogen-bond donors (Lipinski definition) is 4. The Morgan fingerprint density at radius 2 is 2.06 bits per heavy atom. The minimum Gasteiger partial charge on any atom is -0.394 e. The molecule has 0 saturated carbocycles. The van der Waals surface area contributed by atoms with Crippen molar-refractivity contribution in [3.05, 3.63) is 10.8 Å². The highest BCUT2D eigenvalue weighted by Crippen LogP contribution is 2.35. The van der Waals surface area contributed by atoms with E-state index in [4.69, 9.17) is 32.9 Å². The van der Waals surface area contributed by atoms with Crippen LogP contribution >= 0.6 is 11.6 Å². The lowest BCUT2D eigenvalue weighted by molar-refractivity contribution is -0.0234. The van der Waals surface area contributed by atoms with Crippen LogP contribution in [-0.4, -0.2) is 39.0 Å². The lowest BCUT2D eigenvalue weighted by Gasteiger charge is -2.13. The fraction of sp³-hybridized carbons (Fsp3) is 0.556. The number of ether oxygens (including phenoxy) is 1. The molecule has 0 radical (unpaired) electrons. The number of aliphatic hydroxyl groups excluding tert-OH is 2. The van der Waals surface area contributed by atoms with Gasteiger partial charge in [0.1, 0.15) is 23.7 Å². The van der Waals surface area contributed by atoms with Gasteiger partial charge in [-0.25, -0.2) is 9.97 Å². The van der Waals surface area contributed by atoms with Crippen molar-refractivity contribution in [2.24, 2.45) is 0 Å². The van der Waals surface area contributed by atoms with Crippen LogP contribution in [0.3, 0.4) is 0 Å². The first-order chi connectivity index (χ1) is 8.02. The zero-order valence-corrected chi connectivity index (χ0v) is 9.63. The second-order valence-electron chi connectivity index (χ2n) is 3.82. The first-order valence-corrected chi connectivity index (χ1v) is 5.43. The maximum absolute atomic E-state index is 9.60. The van der Waals surface area contributed by atoms with E-state index < -0.39 is 18.3 Å². The van der Waals surface area contributed by atoms with Gasteiger partial charge in [0.05, 0.1) is 12.7 Å². The molecule has 0 bridgehead atoms. The van der Waals surface area contributed by atoms with E-state index in [2.05, 4.69) is 9.97 Å². The Bertz CT molecular complexity index is 431. The number of anilines is 2. The molecule has 1 saturated heterocycles. The van der Waals surface area contributed by atoms with Crippen molar-refractivity contribution in [2.75, 3.05) is 18.1 Å². The van der Waals surface area contributed by atoms with Gasteiger partial charge in [0, 0.05) is 6.42 Å². The number of nitrogen functional groups attached to an aromatic ring is 2. The number of halogens is 1. The molecule has 0 spiro atoms. The van der Waals surface area contributed by atoms with Crippen LogP contribution in [0.1, 0.15) is 18.2 Å². The van der Waals surface area contributed by atoms with E-state index >= 15 is 0 Å². The van der Waals surface area contributed by atoms with Crippen molar-refractivity contribution >= 4 is 23.2 Å². The van der Waals surface area contributed by atoms with Crippen LogP contribution in [0.4, 0.5) is 11.6 Å². The molecule has 17 heavy (non-hydrogen) atoms. The SMILES string of the molecule is Nc1nc(N)c([C@H]2C[C@H](O)[C@@H](CO)O2)nc1Cl. The molecule has 0 amide bonds. The molecule has 6 N–H and O–H groups in total. The van der Waals surface area contributed by atoms with Crippen molar-refractivity contribution in [3.8, 4) is 0 Å². The maximum Gasteiger partial charge on any atom is 0.171 e. The standard InChI is InChI=1S/C9H13ClN4O3/c10-7-9(12)14-8(11)6(13-7)4-1-3(16)5(2-15)17-4/h3-5,15-16H,1-2H2,(H4,11,12,14)/t3-,4+,5+/m0/s1. The molecule has 1 fully saturated rings. The largest absolute Gasteiger partial charge is 0.394 e. The zero-order chi connectivity index (χ0) is 12.6.